The maximum Gasteiger partial charge on any atom is 0.00573 e. The molecular weight excluding hydrogens is 318 g/mol. The zero-order valence-corrected chi connectivity index (χ0v) is 18.8. The Balaban J connectivity index is 5.91. The van der Waals surface area contributed by atoms with Gasteiger partial charge in [-0.3, -0.25) is 8.61 Å². The van der Waals surface area contributed by atoms with Crippen LogP contribution in [0.3, 0.4) is 0 Å². The first-order valence-electron chi connectivity index (χ1n) is 7.86. The topological polar surface area (TPSA) is 9.72 Å². The molecule has 21 heavy (non-hydrogen) atoms. The molecule has 0 aromatic rings. The highest BCUT2D eigenvalue weighted by Crippen LogP contribution is 2.74. The molecule has 0 rings (SSSR count). The molecule has 0 bridgehead atoms. The molecule has 0 N–H and O–H groups in total. The normalized spacial score (nSPS) is 16.9. The minimum Gasteiger partial charge on any atom is -0.256 e. The van der Waals surface area contributed by atoms with Gasteiger partial charge in [-0.15, -0.1) is 20.8 Å². The molecule has 0 aromatic heterocycles. The van der Waals surface area contributed by atoms with E-state index in [4.69, 9.17) is 0 Å². The van der Waals surface area contributed by atoms with Crippen LogP contribution in [0.1, 0.15) is 27.7 Å². The largest absolute Gasteiger partial charge is 0.256 e. The van der Waals surface area contributed by atoms with E-state index in [2.05, 4.69) is 83.2 Å². The first-order chi connectivity index (χ1) is 9.40. The Morgan fingerprint density at radius 2 is 0.762 bits per heavy atom. The van der Waals surface area contributed by atoms with Gasteiger partial charge in [0.25, 0.3) is 0 Å². The molecule has 0 amide bonds. The van der Waals surface area contributed by atoms with E-state index in [1.165, 1.54) is 0 Å². The van der Waals surface area contributed by atoms with Gasteiger partial charge in [0.1, 0.15) is 0 Å². The fourth-order valence-corrected chi connectivity index (χ4v) is 19.8. The Morgan fingerprint density at radius 3 is 0.905 bits per heavy atom. The van der Waals surface area contributed by atoms with Gasteiger partial charge < -0.3 is 0 Å². The number of rotatable bonds is 9. The van der Waals surface area contributed by atoms with Crippen LogP contribution in [-0.2, 0) is 0 Å². The van der Waals surface area contributed by atoms with Crippen molar-refractivity contribution in [1.82, 2.24) is 11.7 Å². The predicted octanol–water partition coefficient (Wildman–Crippen LogP) is 4.37. The quantitative estimate of drug-likeness (QED) is 0.605. The third-order valence-electron chi connectivity index (χ3n) is 3.85. The minimum absolute atomic E-state index is 0.787. The van der Waals surface area contributed by atoms with Crippen molar-refractivity contribution >= 4 is 31.0 Å². The average molecular weight is 360 g/mol. The van der Waals surface area contributed by atoms with Crippen LogP contribution in [0.5, 0.6) is 0 Å². The fraction of sp³-hybridized carbons (Fsp3) is 1.00. The first-order valence-corrected chi connectivity index (χ1v) is 15.4. The molecule has 6 heteroatoms. The third-order valence-corrected chi connectivity index (χ3v) is 16.8. The predicted molar refractivity (Wildman–Crippen MR) is 112 cm³/mol. The highest BCUT2D eigenvalue weighted by Gasteiger charge is 2.42. The van der Waals surface area contributed by atoms with Gasteiger partial charge in [0.05, 0.1) is 0 Å². The van der Waals surface area contributed by atoms with Crippen LogP contribution in [0.15, 0.2) is 0 Å². The summed E-state index contributed by atoms with van der Waals surface area (Å²) >= 11 is 0. The maximum atomic E-state index is 2.94. The fourth-order valence-electron chi connectivity index (χ4n) is 3.44. The summed E-state index contributed by atoms with van der Waals surface area (Å²) in [6, 6.07) is 0. The summed E-state index contributed by atoms with van der Waals surface area (Å²) in [7, 11) is -2.68. The van der Waals surface area contributed by atoms with Crippen molar-refractivity contribution < 1.29 is 0 Å². The molecule has 0 unspecified atom stereocenters. The lowest BCUT2D eigenvalue weighted by atomic mass is 10.7. The van der Waals surface area contributed by atoms with Crippen molar-refractivity contribution in [2.45, 2.75) is 27.7 Å². The van der Waals surface area contributed by atoms with Crippen LogP contribution in [0.25, 0.3) is 0 Å². The summed E-state index contributed by atoms with van der Waals surface area (Å²) in [6.07, 6.45) is 17.4. The van der Waals surface area contributed by atoms with Gasteiger partial charge in [0.2, 0.25) is 0 Å². The van der Waals surface area contributed by atoms with Gasteiger partial charge in [-0.05, 0) is 43.8 Å². The van der Waals surface area contributed by atoms with Crippen LogP contribution < -0.4 is 0 Å². The lowest BCUT2D eigenvalue weighted by Crippen LogP contribution is -2.45. The van der Waals surface area contributed by atoms with Crippen molar-refractivity contribution in [3.63, 3.8) is 0 Å². The molecule has 0 saturated heterocycles. The SMILES string of the molecule is CCN(CC)S(C)(C)N(S(C)(C)C)S(C)(C)N(CC)CC. The Hall–Kier alpha value is 0.930. The van der Waals surface area contributed by atoms with Crippen LogP contribution in [0, 0.1) is 0 Å². The number of nitrogens with zero attached hydrogens (tertiary/aromatic N) is 3. The molecule has 0 spiro atoms. The van der Waals surface area contributed by atoms with E-state index in [9.17, 15) is 0 Å². The Kier molecular flexibility index (Phi) is 8.52. The van der Waals surface area contributed by atoms with Crippen molar-refractivity contribution in [3.05, 3.63) is 0 Å². The Morgan fingerprint density at radius 1 is 0.524 bits per heavy atom. The molecule has 0 aliphatic carbocycles. The van der Waals surface area contributed by atoms with E-state index in [1.807, 2.05) is 0 Å². The maximum absolute atomic E-state index is 2.94. The van der Waals surface area contributed by atoms with E-state index in [0.717, 1.165) is 26.2 Å². The molecule has 134 valence electrons. The van der Waals surface area contributed by atoms with Crippen molar-refractivity contribution in [3.8, 4) is 0 Å². The van der Waals surface area contributed by atoms with Crippen LogP contribution in [0.2, 0.25) is 0 Å². The molecule has 0 atom stereocenters. The second kappa shape index (κ2) is 8.15. The summed E-state index contributed by atoms with van der Waals surface area (Å²) in [5.74, 6) is 0. The summed E-state index contributed by atoms with van der Waals surface area (Å²) in [5.41, 5.74) is 0. The molecular formula is C15H41N3S3. The molecule has 0 aliphatic rings. The van der Waals surface area contributed by atoms with E-state index < -0.39 is 31.0 Å². The highest BCUT2D eigenvalue weighted by molar-refractivity contribution is 8.55. The smallest absolute Gasteiger partial charge is 0.00573 e. The zero-order valence-electron chi connectivity index (χ0n) is 16.4. The van der Waals surface area contributed by atoms with Gasteiger partial charge in [0, 0.05) is 26.2 Å². The van der Waals surface area contributed by atoms with E-state index in [-0.39, 0.29) is 0 Å². The molecule has 0 radical (unpaired) electrons. The van der Waals surface area contributed by atoms with E-state index in [1.54, 1.807) is 0 Å². The zero-order chi connectivity index (χ0) is 17.1. The average Bonchev–Trinajstić information content (AvgIpc) is 2.27. The van der Waals surface area contributed by atoms with E-state index >= 15 is 0 Å². The Labute approximate surface area is 140 Å². The lowest BCUT2D eigenvalue weighted by Gasteiger charge is -2.66. The molecule has 3 nitrogen and oxygen atoms in total. The van der Waals surface area contributed by atoms with Gasteiger partial charge in [-0.1, -0.05) is 27.7 Å². The molecule has 0 heterocycles. The van der Waals surface area contributed by atoms with Crippen molar-refractivity contribution in [2.24, 2.45) is 0 Å². The van der Waals surface area contributed by atoms with Gasteiger partial charge in [-0.2, -0.15) is 13.3 Å². The summed E-state index contributed by atoms with van der Waals surface area (Å²) in [4.78, 5) is 0. The monoisotopic (exact) mass is 359 g/mol. The second-order valence-electron chi connectivity index (χ2n) is 6.66. The summed E-state index contributed by atoms with van der Waals surface area (Å²) < 4.78 is 8.31. The first kappa shape index (κ1) is 21.9. The van der Waals surface area contributed by atoms with Crippen LogP contribution in [-0.4, -0.2) is 81.7 Å². The summed E-state index contributed by atoms with van der Waals surface area (Å²) in [5, 5.41) is 0. The van der Waals surface area contributed by atoms with Crippen LogP contribution in [0.4, 0.5) is 0 Å². The molecule has 0 aromatic carbocycles. The van der Waals surface area contributed by atoms with Crippen LogP contribution >= 0.6 is 31.0 Å². The van der Waals surface area contributed by atoms with Crippen molar-refractivity contribution in [1.29, 1.82) is 0 Å². The molecule has 0 fully saturated rings. The second-order valence-corrected chi connectivity index (χ2v) is 17.9. The van der Waals surface area contributed by atoms with Gasteiger partial charge >= 0.3 is 0 Å². The van der Waals surface area contributed by atoms with E-state index in [0.29, 0.717) is 0 Å². The van der Waals surface area contributed by atoms with Gasteiger partial charge in [0.15, 0.2) is 0 Å². The van der Waals surface area contributed by atoms with Crippen molar-refractivity contribution in [2.75, 3.05) is 70.0 Å². The summed E-state index contributed by atoms with van der Waals surface area (Å²) in [6.45, 7) is 13.7. The Bertz CT molecular complexity index is 282. The standard InChI is InChI=1S/C15H41N3S3/c1-12-16(13-2)20(8,9)18(19(5,6)7)21(10,11)17(14-3)15-4/h12-15H2,1-11H3. The minimum atomic E-state index is -0.945. The number of hydrogen-bond acceptors (Lipinski definition) is 3. The number of hydrogen-bond donors (Lipinski definition) is 0. The lowest BCUT2D eigenvalue weighted by molar-refractivity contribution is 0.489. The highest BCUT2D eigenvalue weighted by atomic mass is 32.4. The van der Waals surface area contributed by atoms with Gasteiger partial charge in [-0.25, -0.2) is 0 Å². The molecule has 0 saturated carbocycles. The molecule has 0 aliphatic heterocycles. The third kappa shape index (κ3) is 4.95.